The van der Waals surface area contributed by atoms with Gasteiger partial charge in [0.2, 0.25) is 0 Å². The summed E-state index contributed by atoms with van der Waals surface area (Å²) in [4.78, 5) is 14.2. The second kappa shape index (κ2) is 13.3. The smallest absolute Gasteiger partial charge is 0.312 e. The molecule has 10 heteroatoms. The van der Waals surface area contributed by atoms with Gasteiger partial charge in [0.05, 0.1) is 49.1 Å². The minimum Gasteiger partial charge on any atom is -0.466 e. The predicted octanol–water partition coefficient (Wildman–Crippen LogP) is 4.51. The number of hydrogen-bond acceptors (Lipinski definition) is 9. The Morgan fingerprint density at radius 2 is 1.83 bits per heavy atom. The van der Waals surface area contributed by atoms with Gasteiger partial charge in [0.25, 0.3) is 0 Å². The maximum atomic E-state index is 14.2. The summed E-state index contributed by atoms with van der Waals surface area (Å²) in [6, 6.07) is 10.9. The summed E-state index contributed by atoms with van der Waals surface area (Å²) >= 11 is 0. The van der Waals surface area contributed by atoms with Crippen LogP contribution in [0.15, 0.2) is 30.3 Å². The monoisotopic (exact) mass is 608 g/mol. The largest absolute Gasteiger partial charge is 0.466 e. The molecule has 1 heterocycles. The first-order valence-corrected chi connectivity index (χ1v) is 19.2. The van der Waals surface area contributed by atoms with E-state index in [0.29, 0.717) is 32.5 Å². The van der Waals surface area contributed by atoms with Crippen molar-refractivity contribution in [1.29, 1.82) is 0 Å². The molecule has 0 spiro atoms. The molecule has 0 bridgehead atoms. The van der Waals surface area contributed by atoms with Crippen molar-refractivity contribution >= 4 is 14.0 Å². The molecule has 0 amide bonds. The molecule has 2 N–H and O–H groups in total. The van der Waals surface area contributed by atoms with Crippen LogP contribution < -0.4 is 0 Å². The average Bonchev–Trinajstić information content (AvgIpc) is 3.27. The lowest BCUT2D eigenvalue weighted by molar-refractivity contribution is -0.296. The lowest BCUT2D eigenvalue weighted by Gasteiger charge is -2.61. The Labute approximate surface area is 252 Å². The highest BCUT2D eigenvalue weighted by atomic mass is 28.3. The van der Waals surface area contributed by atoms with E-state index in [9.17, 15) is 15.0 Å². The molecule has 1 saturated heterocycles. The van der Waals surface area contributed by atoms with Crippen molar-refractivity contribution in [2.24, 2.45) is 17.3 Å². The Morgan fingerprint density at radius 1 is 1.12 bits per heavy atom. The highest BCUT2D eigenvalue weighted by molar-refractivity contribution is 6.76. The number of rotatable bonds is 12. The van der Waals surface area contributed by atoms with Gasteiger partial charge in [-0.3, -0.25) is 4.79 Å². The van der Waals surface area contributed by atoms with Crippen LogP contribution in [0.3, 0.4) is 0 Å². The van der Waals surface area contributed by atoms with Crippen molar-refractivity contribution in [2.45, 2.75) is 115 Å². The Kier molecular flexibility index (Phi) is 10.6. The molecule has 8 atom stereocenters. The van der Waals surface area contributed by atoms with Gasteiger partial charge in [-0.25, -0.2) is 0 Å². The quantitative estimate of drug-likeness (QED) is 0.153. The minimum atomic E-state index is -1.74. The van der Waals surface area contributed by atoms with Crippen molar-refractivity contribution in [1.82, 2.24) is 0 Å². The van der Waals surface area contributed by atoms with Gasteiger partial charge in [-0.2, -0.15) is 0 Å². The van der Waals surface area contributed by atoms with Crippen molar-refractivity contribution in [3.05, 3.63) is 35.9 Å². The fourth-order valence-electron chi connectivity index (χ4n) is 7.21. The van der Waals surface area contributed by atoms with Gasteiger partial charge >= 0.3 is 5.97 Å². The molecule has 238 valence electrons. The normalized spacial score (nSPS) is 36.4. The molecule has 3 aliphatic rings. The van der Waals surface area contributed by atoms with Crippen LogP contribution in [-0.4, -0.2) is 86.7 Å². The molecule has 0 radical (unpaired) electrons. The van der Waals surface area contributed by atoms with Crippen molar-refractivity contribution in [3.8, 4) is 0 Å². The van der Waals surface area contributed by atoms with Crippen LogP contribution >= 0.6 is 0 Å². The summed E-state index contributed by atoms with van der Waals surface area (Å²) in [7, 11) is -1.30. The van der Waals surface area contributed by atoms with Gasteiger partial charge < -0.3 is 38.6 Å². The molecule has 1 aliphatic heterocycles. The number of ether oxygens (including phenoxy) is 6. The standard InChI is InChI=1S/C32H52O9Si/c1-8-37-29(34)32-15-14-23(38-19-22-12-10-9-11-13-22)18-24(32)26(39-21-36-16-17-42(5,6)7)28(33)31(4,35)27(32)25-20-40-30(2,3)41-25/h9-13,23-28,33,35H,8,14-21H2,1-7H3/t23-,24+,25?,26+,27+,28+,31+,32+/m0/s1. The molecule has 9 nitrogen and oxygen atoms in total. The van der Waals surface area contributed by atoms with Gasteiger partial charge in [-0.15, -0.1) is 0 Å². The van der Waals surface area contributed by atoms with Gasteiger partial charge in [-0.05, 0) is 58.6 Å². The van der Waals surface area contributed by atoms with Crippen LogP contribution in [-0.2, 0) is 39.8 Å². The number of esters is 1. The molecular weight excluding hydrogens is 556 g/mol. The molecular formula is C32H52O9Si. The molecule has 2 saturated carbocycles. The first-order valence-electron chi connectivity index (χ1n) is 15.5. The third kappa shape index (κ3) is 7.29. The number of carbonyl (C=O) groups excluding carboxylic acids is 1. The van der Waals surface area contributed by atoms with E-state index >= 15 is 0 Å². The van der Waals surface area contributed by atoms with Gasteiger partial charge in [0.15, 0.2) is 5.79 Å². The molecule has 42 heavy (non-hydrogen) atoms. The van der Waals surface area contributed by atoms with E-state index in [2.05, 4.69) is 19.6 Å². The van der Waals surface area contributed by atoms with Crippen LogP contribution in [0.5, 0.6) is 0 Å². The number of carbonyl (C=O) groups is 1. The van der Waals surface area contributed by atoms with Crippen molar-refractivity contribution < 1.29 is 43.4 Å². The molecule has 3 fully saturated rings. The Morgan fingerprint density at radius 3 is 2.45 bits per heavy atom. The second-order valence-corrected chi connectivity index (χ2v) is 19.7. The third-order valence-corrected chi connectivity index (χ3v) is 11.0. The fourth-order valence-corrected chi connectivity index (χ4v) is 7.97. The molecule has 4 rings (SSSR count). The Hall–Kier alpha value is -1.37. The van der Waals surface area contributed by atoms with Crippen molar-refractivity contribution in [2.75, 3.05) is 26.6 Å². The highest BCUT2D eigenvalue weighted by Gasteiger charge is 2.71. The van der Waals surface area contributed by atoms with E-state index in [1.54, 1.807) is 13.8 Å². The number of aliphatic hydroxyl groups is 2. The molecule has 0 aromatic heterocycles. The van der Waals surface area contributed by atoms with Crippen LogP contribution in [0.25, 0.3) is 0 Å². The van der Waals surface area contributed by atoms with Gasteiger partial charge in [-0.1, -0.05) is 50.0 Å². The number of fused-ring (bicyclic) bond motifs is 1. The SMILES string of the molecule is CCOC(=O)[C@]12CC[C@H](OCc3ccccc3)C[C@@H]1[C@@H](OCOCC[Si](C)(C)C)[C@@H](O)[C@](C)(O)[C@H]2C1COC(C)(C)O1. The zero-order chi connectivity index (χ0) is 30.8. The van der Waals surface area contributed by atoms with E-state index in [0.717, 1.165) is 11.6 Å². The van der Waals surface area contributed by atoms with Crippen LogP contribution in [0.2, 0.25) is 25.7 Å². The summed E-state index contributed by atoms with van der Waals surface area (Å²) < 4.78 is 36.5. The van der Waals surface area contributed by atoms with E-state index in [1.807, 2.05) is 44.2 Å². The summed E-state index contributed by atoms with van der Waals surface area (Å²) in [5.74, 6) is -2.60. The number of hydrogen-bond donors (Lipinski definition) is 2. The Balaban J connectivity index is 1.67. The van der Waals surface area contributed by atoms with Gasteiger partial charge in [0.1, 0.15) is 12.9 Å². The zero-order valence-electron chi connectivity index (χ0n) is 26.5. The Bertz CT molecular complexity index is 1030. The second-order valence-electron chi connectivity index (χ2n) is 14.0. The molecule has 1 aromatic rings. The lowest BCUT2D eigenvalue weighted by Crippen LogP contribution is -2.73. The topological polar surface area (TPSA) is 113 Å². The fraction of sp³-hybridized carbons (Fsp3) is 0.781. The van der Waals surface area contributed by atoms with Gasteiger partial charge in [0, 0.05) is 26.5 Å². The summed E-state index contributed by atoms with van der Waals surface area (Å²) in [6.07, 6.45) is -1.58. The maximum Gasteiger partial charge on any atom is 0.312 e. The van der Waals surface area contributed by atoms with E-state index in [1.165, 1.54) is 0 Å². The zero-order valence-corrected chi connectivity index (χ0v) is 27.5. The first-order chi connectivity index (χ1) is 19.7. The van der Waals surface area contributed by atoms with E-state index < -0.39 is 61.0 Å². The van der Waals surface area contributed by atoms with Crippen LogP contribution in [0, 0.1) is 17.3 Å². The predicted molar refractivity (Wildman–Crippen MR) is 160 cm³/mol. The molecule has 1 aromatic carbocycles. The average molecular weight is 609 g/mol. The summed E-state index contributed by atoms with van der Waals surface area (Å²) in [5.41, 5.74) is -1.87. The lowest BCUT2D eigenvalue weighted by atomic mass is 9.47. The maximum absolute atomic E-state index is 14.2. The number of benzene rings is 1. The van der Waals surface area contributed by atoms with Crippen LogP contribution in [0.1, 0.15) is 52.5 Å². The number of aliphatic hydroxyl groups excluding tert-OH is 1. The van der Waals surface area contributed by atoms with E-state index in [4.69, 9.17) is 28.4 Å². The molecule has 2 aliphatic carbocycles. The summed E-state index contributed by atoms with van der Waals surface area (Å²) in [5, 5.41) is 23.9. The minimum absolute atomic E-state index is 0.0477. The van der Waals surface area contributed by atoms with Crippen molar-refractivity contribution in [3.63, 3.8) is 0 Å². The van der Waals surface area contributed by atoms with E-state index in [-0.39, 0.29) is 26.1 Å². The first kappa shape index (κ1) is 33.5. The molecule has 1 unspecified atom stereocenters. The third-order valence-electron chi connectivity index (χ3n) is 9.28. The highest BCUT2D eigenvalue weighted by Crippen LogP contribution is 2.60. The summed E-state index contributed by atoms with van der Waals surface area (Å²) in [6.45, 7) is 15.1. The van der Waals surface area contributed by atoms with Crippen LogP contribution in [0.4, 0.5) is 0 Å².